The number of ether oxygens (including phenoxy) is 1. The van der Waals surface area contributed by atoms with Gasteiger partial charge in [-0.25, -0.2) is 0 Å². The van der Waals surface area contributed by atoms with Crippen molar-refractivity contribution in [1.29, 1.82) is 0 Å². The molecule has 0 amide bonds. The van der Waals surface area contributed by atoms with E-state index in [9.17, 15) is 0 Å². The Morgan fingerprint density at radius 3 is 2.59 bits per heavy atom. The normalized spacial score (nSPS) is 39.7. The zero-order valence-electron chi connectivity index (χ0n) is 11.4. The summed E-state index contributed by atoms with van der Waals surface area (Å²) in [5.41, 5.74) is 5.66. The van der Waals surface area contributed by atoms with Crippen LogP contribution in [0.3, 0.4) is 0 Å². The van der Waals surface area contributed by atoms with Crippen LogP contribution in [0, 0.1) is 5.92 Å². The standard InChI is InChI=1S/C14H28N2O/c1-3-12-5-4-11(2)16(9-12)10-14-7-6-13(8-15)17-14/h11-14H,3-10,15H2,1-2H3. The van der Waals surface area contributed by atoms with Crippen molar-refractivity contribution in [3.63, 3.8) is 0 Å². The molecule has 2 fully saturated rings. The number of nitrogens with two attached hydrogens (primary N) is 1. The van der Waals surface area contributed by atoms with Crippen LogP contribution >= 0.6 is 0 Å². The predicted molar refractivity (Wildman–Crippen MR) is 71.0 cm³/mol. The van der Waals surface area contributed by atoms with Gasteiger partial charge in [0.1, 0.15) is 0 Å². The van der Waals surface area contributed by atoms with Gasteiger partial charge in [-0.15, -0.1) is 0 Å². The van der Waals surface area contributed by atoms with Gasteiger partial charge in [-0.1, -0.05) is 13.3 Å². The van der Waals surface area contributed by atoms with E-state index in [0.717, 1.165) is 24.9 Å². The van der Waals surface area contributed by atoms with Gasteiger partial charge in [-0.3, -0.25) is 4.90 Å². The van der Waals surface area contributed by atoms with Crippen LogP contribution in [0.15, 0.2) is 0 Å². The SMILES string of the molecule is CCC1CCC(C)N(CC2CCC(CN)O2)C1. The molecule has 3 heteroatoms. The van der Waals surface area contributed by atoms with Gasteiger partial charge in [-0.2, -0.15) is 0 Å². The number of hydrogen-bond donors (Lipinski definition) is 1. The largest absolute Gasteiger partial charge is 0.372 e. The lowest BCUT2D eigenvalue weighted by molar-refractivity contribution is 0.00464. The Bertz CT molecular complexity index is 234. The minimum absolute atomic E-state index is 0.321. The summed E-state index contributed by atoms with van der Waals surface area (Å²) in [5, 5.41) is 0. The molecule has 4 atom stereocenters. The quantitative estimate of drug-likeness (QED) is 0.817. The summed E-state index contributed by atoms with van der Waals surface area (Å²) in [6, 6.07) is 0.735. The van der Waals surface area contributed by atoms with Crippen LogP contribution in [-0.4, -0.2) is 42.8 Å². The first-order valence-electron chi connectivity index (χ1n) is 7.32. The minimum atomic E-state index is 0.321. The average Bonchev–Trinajstić information content (AvgIpc) is 2.80. The molecule has 0 aliphatic carbocycles. The molecule has 100 valence electrons. The van der Waals surface area contributed by atoms with Crippen LogP contribution < -0.4 is 5.73 Å². The zero-order chi connectivity index (χ0) is 12.3. The molecule has 2 N–H and O–H groups in total. The third-order valence-electron chi connectivity index (χ3n) is 4.58. The summed E-state index contributed by atoms with van der Waals surface area (Å²) < 4.78 is 5.96. The molecular weight excluding hydrogens is 212 g/mol. The molecule has 2 aliphatic rings. The first-order chi connectivity index (χ1) is 8.22. The molecule has 0 bridgehead atoms. The monoisotopic (exact) mass is 240 g/mol. The van der Waals surface area contributed by atoms with Gasteiger partial charge < -0.3 is 10.5 Å². The summed E-state index contributed by atoms with van der Waals surface area (Å²) in [6.07, 6.45) is 7.18. The van der Waals surface area contributed by atoms with Crippen molar-refractivity contribution in [3.8, 4) is 0 Å². The minimum Gasteiger partial charge on any atom is -0.372 e. The van der Waals surface area contributed by atoms with Gasteiger partial charge >= 0.3 is 0 Å². The molecule has 2 aliphatic heterocycles. The number of likely N-dealkylation sites (tertiary alicyclic amines) is 1. The van der Waals surface area contributed by atoms with Crippen molar-refractivity contribution in [3.05, 3.63) is 0 Å². The van der Waals surface area contributed by atoms with E-state index in [1.165, 1.54) is 32.2 Å². The van der Waals surface area contributed by atoms with Crippen LogP contribution in [0.25, 0.3) is 0 Å². The second kappa shape index (κ2) is 6.17. The lowest BCUT2D eigenvalue weighted by Crippen LogP contribution is -2.45. The summed E-state index contributed by atoms with van der Waals surface area (Å²) in [5.74, 6) is 0.901. The topological polar surface area (TPSA) is 38.5 Å². The summed E-state index contributed by atoms with van der Waals surface area (Å²) in [6.45, 7) is 7.75. The zero-order valence-corrected chi connectivity index (χ0v) is 11.4. The van der Waals surface area contributed by atoms with Gasteiger partial charge in [0.05, 0.1) is 12.2 Å². The van der Waals surface area contributed by atoms with E-state index in [1.54, 1.807) is 0 Å². The van der Waals surface area contributed by atoms with Crippen molar-refractivity contribution < 1.29 is 4.74 Å². The molecular formula is C14H28N2O. The Hall–Kier alpha value is -0.120. The van der Waals surface area contributed by atoms with Gasteiger partial charge in [0.2, 0.25) is 0 Å². The van der Waals surface area contributed by atoms with E-state index in [2.05, 4.69) is 18.7 Å². The Balaban J connectivity index is 1.80. The van der Waals surface area contributed by atoms with Crippen molar-refractivity contribution in [1.82, 2.24) is 4.90 Å². The van der Waals surface area contributed by atoms with Crippen molar-refractivity contribution in [2.24, 2.45) is 11.7 Å². The second-order valence-electron chi connectivity index (χ2n) is 5.85. The van der Waals surface area contributed by atoms with Crippen LogP contribution in [0.1, 0.15) is 46.0 Å². The average molecular weight is 240 g/mol. The smallest absolute Gasteiger partial charge is 0.0707 e. The summed E-state index contributed by atoms with van der Waals surface area (Å²) >= 11 is 0. The molecule has 0 saturated carbocycles. The Labute approximate surface area is 106 Å². The lowest BCUT2D eigenvalue weighted by Gasteiger charge is -2.39. The van der Waals surface area contributed by atoms with E-state index < -0.39 is 0 Å². The second-order valence-corrected chi connectivity index (χ2v) is 5.85. The lowest BCUT2D eigenvalue weighted by atomic mass is 9.91. The van der Waals surface area contributed by atoms with Gasteiger partial charge in [-0.05, 0) is 38.5 Å². The van der Waals surface area contributed by atoms with E-state index >= 15 is 0 Å². The fourth-order valence-electron chi connectivity index (χ4n) is 3.20. The third-order valence-corrected chi connectivity index (χ3v) is 4.58. The maximum Gasteiger partial charge on any atom is 0.0707 e. The van der Waals surface area contributed by atoms with Gasteiger partial charge in [0.15, 0.2) is 0 Å². The third kappa shape index (κ3) is 3.43. The van der Waals surface area contributed by atoms with Crippen molar-refractivity contribution >= 4 is 0 Å². The molecule has 0 radical (unpaired) electrons. The molecule has 2 heterocycles. The Morgan fingerprint density at radius 1 is 1.18 bits per heavy atom. The van der Waals surface area contributed by atoms with Gasteiger partial charge in [0.25, 0.3) is 0 Å². The maximum atomic E-state index is 5.96. The number of nitrogens with zero attached hydrogens (tertiary/aromatic N) is 1. The van der Waals surface area contributed by atoms with E-state index in [1.807, 2.05) is 0 Å². The fourth-order valence-corrected chi connectivity index (χ4v) is 3.20. The van der Waals surface area contributed by atoms with E-state index in [0.29, 0.717) is 18.8 Å². The highest BCUT2D eigenvalue weighted by molar-refractivity contribution is 4.83. The highest BCUT2D eigenvalue weighted by atomic mass is 16.5. The summed E-state index contributed by atoms with van der Waals surface area (Å²) in [7, 11) is 0. The molecule has 2 rings (SSSR count). The van der Waals surface area contributed by atoms with Crippen LogP contribution in [0.4, 0.5) is 0 Å². The molecule has 0 spiro atoms. The maximum absolute atomic E-state index is 5.96. The summed E-state index contributed by atoms with van der Waals surface area (Å²) in [4.78, 5) is 2.64. The first kappa shape index (κ1) is 13.3. The van der Waals surface area contributed by atoms with Gasteiger partial charge in [0, 0.05) is 25.7 Å². The first-order valence-corrected chi connectivity index (χ1v) is 7.32. The van der Waals surface area contributed by atoms with Crippen LogP contribution in [0.2, 0.25) is 0 Å². The van der Waals surface area contributed by atoms with Crippen LogP contribution in [-0.2, 0) is 4.74 Å². The highest BCUT2D eigenvalue weighted by Gasteiger charge is 2.30. The molecule has 3 nitrogen and oxygen atoms in total. The van der Waals surface area contributed by atoms with Crippen LogP contribution in [0.5, 0.6) is 0 Å². The number of rotatable bonds is 4. The Morgan fingerprint density at radius 2 is 1.94 bits per heavy atom. The van der Waals surface area contributed by atoms with E-state index in [4.69, 9.17) is 10.5 Å². The molecule has 0 aromatic carbocycles. The Kier molecular flexibility index (Phi) is 4.83. The molecule has 0 aromatic heterocycles. The van der Waals surface area contributed by atoms with Crippen molar-refractivity contribution in [2.75, 3.05) is 19.6 Å². The molecule has 17 heavy (non-hydrogen) atoms. The number of piperidine rings is 1. The predicted octanol–water partition coefficient (Wildman–Crippen LogP) is 2.00. The molecule has 2 saturated heterocycles. The number of hydrogen-bond acceptors (Lipinski definition) is 3. The molecule has 0 aromatic rings. The van der Waals surface area contributed by atoms with Crippen molar-refractivity contribution in [2.45, 2.75) is 64.2 Å². The molecule has 4 unspecified atom stereocenters. The fraction of sp³-hybridized carbons (Fsp3) is 1.00. The van der Waals surface area contributed by atoms with E-state index in [-0.39, 0.29) is 0 Å². The highest BCUT2D eigenvalue weighted by Crippen LogP contribution is 2.27.